The Morgan fingerprint density at radius 2 is 2.00 bits per heavy atom. The molecule has 100 valence electrons. The molecule has 4 nitrogen and oxygen atoms in total. The Hall–Kier alpha value is -2.07. The third-order valence-electron chi connectivity index (χ3n) is 2.82. The summed E-state index contributed by atoms with van der Waals surface area (Å²) < 4.78 is 10.6. The zero-order valence-corrected chi connectivity index (χ0v) is 10.8. The topological polar surface area (TPSA) is 55.8 Å². The number of fused-ring (bicyclic) bond motifs is 1. The molecule has 0 atom stereocenters. The minimum atomic E-state index is -0.951. The van der Waals surface area contributed by atoms with Crippen LogP contribution in [-0.4, -0.2) is 31.4 Å². The molecule has 0 aliphatic rings. The van der Waals surface area contributed by atoms with Crippen LogP contribution in [-0.2, 0) is 4.74 Å². The van der Waals surface area contributed by atoms with Crippen molar-refractivity contribution in [2.75, 3.05) is 20.3 Å². The first-order valence-electron chi connectivity index (χ1n) is 6.10. The number of benzene rings is 2. The van der Waals surface area contributed by atoms with Crippen molar-refractivity contribution in [3.05, 3.63) is 42.0 Å². The van der Waals surface area contributed by atoms with Crippen molar-refractivity contribution in [2.45, 2.75) is 6.42 Å². The number of hydrogen-bond donors (Lipinski definition) is 1. The molecule has 0 fully saturated rings. The van der Waals surface area contributed by atoms with E-state index in [1.165, 1.54) is 0 Å². The summed E-state index contributed by atoms with van der Waals surface area (Å²) in [5.41, 5.74) is 0.237. The summed E-state index contributed by atoms with van der Waals surface area (Å²) >= 11 is 0. The highest BCUT2D eigenvalue weighted by molar-refractivity contribution is 5.97. The van der Waals surface area contributed by atoms with Gasteiger partial charge < -0.3 is 14.6 Å². The highest BCUT2D eigenvalue weighted by Gasteiger charge is 2.09. The van der Waals surface area contributed by atoms with E-state index in [-0.39, 0.29) is 5.56 Å². The molecule has 0 unspecified atom stereocenters. The number of carbonyl (C=O) groups is 1. The molecule has 2 aromatic carbocycles. The van der Waals surface area contributed by atoms with Crippen LogP contribution in [0.1, 0.15) is 16.8 Å². The van der Waals surface area contributed by atoms with E-state index in [9.17, 15) is 4.79 Å². The van der Waals surface area contributed by atoms with Gasteiger partial charge in [0, 0.05) is 25.5 Å². The SMILES string of the molecule is COCCCOc1cc(C(=O)O)cc2ccccc12. The molecule has 0 aliphatic heterocycles. The predicted molar refractivity (Wildman–Crippen MR) is 72.9 cm³/mol. The van der Waals surface area contributed by atoms with Gasteiger partial charge in [0.25, 0.3) is 0 Å². The van der Waals surface area contributed by atoms with E-state index in [1.54, 1.807) is 19.2 Å². The number of carboxylic acids is 1. The minimum absolute atomic E-state index is 0.237. The maximum absolute atomic E-state index is 11.1. The molecule has 0 bridgehead atoms. The van der Waals surface area contributed by atoms with Crippen LogP contribution >= 0.6 is 0 Å². The third-order valence-corrected chi connectivity index (χ3v) is 2.82. The molecule has 0 saturated heterocycles. The van der Waals surface area contributed by atoms with E-state index in [0.29, 0.717) is 19.0 Å². The van der Waals surface area contributed by atoms with E-state index >= 15 is 0 Å². The lowest BCUT2D eigenvalue weighted by Gasteiger charge is -2.10. The normalized spacial score (nSPS) is 10.6. The van der Waals surface area contributed by atoms with Crippen LogP contribution in [0.3, 0.4) is 0 Å². The quantitative estimate of drug-likeness (QED) is 0.811. The fourth-order valence-electron chi connectivity index (χ4n) is 1.90. The second-order valence-corrected chi connectivity index (χ2v) is 4.20. The number of methoxy groups -OCH3 is 1. The van der Waals surface area contributed by atoms with Gasteiger partial charge in [0.05, 0.1) is 12.2 Å². The molecule has 0 spiro atoms. The van der Waals surface area contributed by atoms with Crippen molar-refractivity contribution in [2.24, 2.45) is 0 Å². The van der Waals surface area contributed by atoms with Crippen molar-refractivity contribution < 1.29 is 19.4 Å². The lowest BCUT2D eigenvalue weighted by atomic mass is 10.1. The van der Waals surface area contributed by atoms with E-state index in [2.05, 4.69) is 0 Å². The van der Waals surface area contributed by atoms with E-state index in [4.69, 9.17) is 14.6 Å². The van der Waals surface area contributed by atoms with Crippen molar-refractivity contribution in [3.63, 3.8) is 0 Å². The van der Waals surface area contributed by atoms with E-state index < -0.39 is 5.97 Å². The monoisotopic (exact) mass is 260 g/mol. The molecule has 19 heavy (non-hydrogen) atoms. The fraction of sp³-hybridized carbons (Fsp3) is 0.267. The summed E-state index contributed by atoms with van der Waals surface area (Å²) in [5.74, 6) is -0.348. The van der Waals surface area contributed by atoms with Gasteiger partial charge in [0.1, 0.15) is 5.75 Å². The van der Waals surface area contributed by atoms with Crippen LogP contribution < -0.4 is 4.74 Å². The van der Waals surface area contributed by atoms with E-state index in [1.807, 2.05) is 24.3 Å². The lowest BCUT2D eigenvalue weighted by Crippen LogP contribution is -2.03. The van der Waals surface area contributed by atoms with Crippen LogP contribution in [0.25, 0.3) is 10.8 Å². The maximum atomic E-state index is 11.1. The molecule has 0 heterocycles. The van der Waals surface area contributed by atoms with Gasteiger partial charge in [-0.15, -0.1) is 0 Å². The predicted octanol–water partition coefficient (Wildman–Crippen LogP) is 2.95. The number of ether oxygens (including phenoxy) is 2. The second-order valence-electron chi connectivity index (χ2n) is 4.20. The van der Waals surface area contributed by atoms with Crippen molar-refractivity contribution in [3.8, 4) is 5.75 Å². The van der Waals surface area contributed by atoms with Gasteiger partial charge in [-0.05, 0) is 17.5 Å². The summed E-state index contributed by atoms with van der Waals surface area (Å²) in [6.07, 6.45) is 0.766. The summed E-state index contributed by atoms with van der Waals surface area (Å²) in [6.45, 7) is 1.12. The molecule has 0 radical (unpaired) electrons. The van der Waals surface area contributed by atoms with Gasteiger partial charge in [0.2, 0.25) is 0 Å². The number of carboxylic acid groups (broad SMARTS) is 1. The molecule has 2 aromatic rings. The summed E-state index contributed by atoms with van der Waals surface area (Å²) in [4.78, 5) is 11.1. The van der Waals surface area contributed by atoms with Crippen LogP contribution in [0.5, 0.6) is 5.75 Å². The molecule has 0 aromatic heterocycles. The van der Waals surface area contributed by atoms with Gasteiger partial charge in [-0.2, -0.15) is 0 Å². The largest absolute Gasteiger partial charge is 0.493 e. The van der Waals surface area contributed by atoms with Crippen LogP contribution in [0.2, 0.25) is 0 Å². The first kappa shape index (κ1) is 13.4. The average molecular weight is 260 g/mol. The van der Waals surface area contributed by atoms with E-state index in [0.717, 1.165) is 17.2 Å². The summed E-state index contributed by atoms with van der Waals surface area (Å²) in [7, 11) is 1.64. The summed E-state index contributed by atoms with van der Waals surface area (Å²) in [6, 6.07) is 10.8. The molecular formula is C15H16O4. The van der Waals surface area contributed by atoms with Crippen LogP contribution in [0.4, 0.5) is 0 Å². The molecule has 0 saturated carbocycles. The van der Waals surface area contributed by atoms with Gasteiger partial charge in [-0.3, -0.25) is 0 Å². The van der Waals surface area contributed by atoms with Gasteiger partial charge >= 0.3 is 5.97 Å². The minimum Gasteiger partial charge on any atom is -0.493 e. The van der Waals surface area contributed by atoms with Gasteiger partial charge in [-0.25, -0.2) is 4.79 Å². The van der Waals surface area contributed by atoms with Gasteiger partial charge in [0.15, 0.2) is 0 Å². The first-order valence-corrected chi connectivity index (χ1v) is 6.10. The third kappa shape index (κ3) is 3.23. The molecule has 0 aliphatic carbocycles. The average Bonchev–Trinajstić information content (AvgIpc) is 2.43. The van der Waals surface area contributed by atoms with Crippen molar-refractivity contribution in [1.29, 1.82) is 0 Å². The molecular weight excluding hydrogens is 244 g/mol. The zero-order valence-electron chi connectivity index (χ0n) is 10.8. The van der Waals surface area contributed by atoms with Gasteiger partial charge in [-0.1, -0.05) is 24.3 Å². The molecule has 4 heteroatoms. The standard InChI is InChI=1S/C15H16O4/c1-18-7-4-8-19-14-10-12(15(16)17)9-11-5-2-3-6-13(11)14/h2-3,5-6,9-10H,4,7-8H2,1H3,(H,16,17). The number of rotatable bonds is 6. The Kier molecular flexibility index (Phi) is 4.36. The number of aromatic carboxylic acids is 1. The Morgan fingerprint density at radius 3 is 2.74 bits per heavy atom. The zero-order chi connectivity index (χ0) is 13.7. The fourth-order valence-corrected chi connectivity index (χ4v) is 1.90. The summed E-state index contributed by atoms with van der Waals surface area (Å²) in [5, 5.41) is 10.9. The maximum Gasteiger partial charge on any atom is 0.335 e. The Labute approximate surface area is 111 Å². The Balaban J connectivity index is 2.31. The Bertz CT molecular complexity index is 577. The Morgan fingerprint density at radius 1 is 1.21 bits per heavy atom. The molecule has 1 N–H and O–H groups in total. The highest BCUT2D eigenvalue weighted by atomic mass is 16.5. The van der Waals surface area contributed by atoms with Crippen LogP contribution in [0, 0.1) is 0 Å². The second kappa shape index (κ2) is 6.20. The smallest absolute Gasteiger partial charge is 0.335 e. The van der Waals surface area contributed by atoms with Crippen LogP contribution in [0.15, 0.2) is 36.4 Å². The molecule has 0 amide bonds. The first-order chi connectivity index (χ1) is 9.22. The van der Waals surface area contributed by atoms with Crippen molar-refractivity contribution in [1.82, 2.24) is 0 Å². The highest BCUT2D eigenvalue weighted by Crippen LogP contribution is 2.27. The van der Waals surface area contributed by atoms with Crippen molar-refractivity contribution >= 4 is 16.7 Å². The lowest BCUT2D eigenvalue weighted by molar-refractivity contribution is 0.0696. The molecule has 2 rings (SSSR count). The number of hydrogen-bond acceptors (Lipinski definition) is 3.